The molecule has 0 saturated heterocycles. The second kappa shape index (κ2) is 9.38. The van der Waals surface area contributed by atoms with E-state index in [-0.39, 0.29) is 18.1 Å². The van der Waals surface area contributed by atoms with Crippen molar-refractivity contribution in [2.75, 3.05) is 33.8 Å². The minimum absolute atomic E-state index is 0.0643. The number of ether oxygens (including phenoxy) is 1. The smallest absolute Gasteiger partial charge is 0.336 e. The van der Waals surface area contributed by atoms with Gasteiger partial charge in [0, 0.05) is 12.6 Å². The number of benzene rings is 1. The predicted octanol–water partition coefficient (Wildman–Crippen LogP) is 2.50. The fourth-order valence-electron chi connectivity index (χ4n) is 2.87. The number of hydrogen-bond donors (Lipinski definition) is 1. The van der Waals surface area contributed by atoms with Crippen molar-refractivity contribution in [3.05, 3.63) is 39.7 Å². The van der Waals surface area contributed by atoms with Crippen LogP contribution in [0.3, 0.4) is 0 Å². The van der Waals surface area contributed by atoms with Crippen LogP contribution in [-0.2, 0) is 11.2 Å². The molecule has 1 amide bonds. The summed E-state index contributed by atoms with van der Waals surface area (Å²) in [5.74, 6) is 0.420. The lowest BCUT2D eigenvalue weighted by Crippen LogP contribution is -2.31. The number of rotatable bonds is 9. The highest BCUT2D eigenvalue weighted by molar-refractivity contribution is 5.88. The molecule has 0 radical (unpaired) electrons. The molecule has 142 valence electrons. The zero-order valence-corrected chi connectivity index (χ0v) is 16.1. The molecule has 0 aliphatic carbocycles. The molecule has 1 N–H and O–H groups in total. The van der Waals surface area contributed by atoms with Crippen molar-refractivity contribution < 1.29 is 13.9 Å². The number of carbonyl (C=O) groups excluding carboxylic acids is 1. The number of amides is 1. The number of carbonyl (C=O) groups is 1. The summed E-state index contributed by atoms with van der Waals surface area (Å²) in [7, 11) is 4.00. The molecule has 0 bridgehead atoms. The normalized spacial score (nSPS) is 11.1. The molecule has 1 aromatic carbocycles. The van der Waals surface area contributed by atoms with E-state index in [9.17, 15) is 9.59 Å². The van der Waals surface area contributed by atoms with Crippen LogP contribution in [0.1, 0.15) is 30.9 Å². The zero-order chi connectivity index (χ0) is 19.1. The molecule has 1 heterocycles. The van der Waals surface area contributed by atoms with Crippen molar-refractivity contribution in [3.8, 4) is 5.75 Å². The third kappa shape index (κ3) is 5.59. The van der Waals surface area contributed by atoms with Crippen LogP contribution < -0.4 is 15.7 Å². The van der Waals surface area contributed by atoms with Gasteiger partial charge in [0.1, 0.15) is 11.3 Å². The Bertz CT molecular complexity index is 811. The summed E-state index contributed by atoms with van der Waals surface area (Å²) >= 11 is 0. The highest BCUT2D eigenvalue weighted by Gasteiger charge is 2.13. The second-order valence-electron chi connectivity index (χ2n) is 6.77. The lowest BCUT2D eigenvalue weighted by molar-refractivity contribution is -0.123. The van der Waals surface area contributed by atoms with Gasteiger partial charge in [0.2, 0.25) is 0 Å². The molecule has 6 nitrogen and oxygen atoms in total. The molecule has 0 aliphatic heterocycles. The fourth-order valence-corrected chi connectivity index (χ4v) is 2.87. The molecule has 2 rings (SSSR count). The Morgan fingerprint density at radius 3 is 2.73 bits per heavy atom. The molecule has 6 heteroatoms. The molecule has 0 aliphatic rings. The van der Waals surface area contributed by atoms with Gasteiger partial charge < -0.3 is 19.4 Å². The predicted molar refractivity (Wildman–Crippen MR) is 103 cm³/mol. The molecule has 0 unspecified atom stereocenters. The average Bonchev–Trinajstić information content (AvgIpc) is 2.56. The van der Waals surface area contributed by atoms with Crippen LogP contribution in [0.2, 0.25) is 0 Å². The van der Waals surface area contributed by atoms with Crippen LogP contribution >= 0.6 is 0 Å². The zero-order valence-electron chi connectivity index (χ0n) is 16.1. The third-order valence-electron chi connectivity index (χ3n) is 4.02. The summed E-state index contributed by atoms with van der Waals surface area (Å²) in [6.45, 7) is 5.43. The number of nitrogens with zero attached hydrogens (tertiary/aromatic N) is 1. The van der Waals surface area contributed by atoms with E-state index in [4.69, 9.17) is 9.15 Å². The standard InChI is InChI=1S/C20H28N2O4/c1-5-7-15-12-19(24)26-17-11-14(2)10-16(20(15)17)25-13-18(23)21-8-6-9-22(3)4/h10-12H,5-9,13H2,1-4H3,(H,21,23). The summed E-state index contributed by atoms with van der Waals surface area (Å²) in [4.78, 5) is 25.9. The van der Waals surface area contributed by atoms with Crippen molar-refractivity contribution in [2.24, 2.45) is 0 Å². The molecule has 0 spiro atoms. The van der Waals surface area contributed by atoms with Gasteiger partial charge >= 0.3 is 5.63 Å². The van der Waals surface area contributed by atoms with Gasteiger partial charge in [0.05, 0.1) is 5.39 Å². The largest absolute Gasteiger partial charge is 0.483 e. The van der Waals surface area contributed by atoms with Gasteiger partial charge in [-0.2, -0.15) is 0 Å². The summed E-state index contributed by atoms with van der Waals surface area (Å²) in [6, 6.07) is 5.21. The van der Waals surface area contributed by atoms with Crippen LogP contribution in [0, 0.1) is 6.92 Å². The molecule has 0 fully saturated rings. The summed E-state index contributed by atoms with van der Waals surface area (Å²) in [6.07, 6.45) is 2.54. The van der Waals surface area contributed by atoms with Crippen LogP contribution in [0.25, 0.3) is 11.0 Å². The maximum atomic E-state index is 12.0. The SMILES string of the molecule is CCCc1cc(=O)oc2cc(C)cc(OCC(=O)NCCCN(C)C)c12. The topological polar surface area (TPSA) is 71.8 Å². The minimum atomic E-state index is -0.365. The average molecular weight is 360 g/mol. The summed E-state index contributed by atoms with van der Waals surface area (Å²) < 4.78 is 11.1. The molecule has 26 heavy (non-hydrogen) atoms. The molecular formula is C20H28N2O4. The lowest BCUT2D eigenvalue weighted by atomic mass is 10.0. The molecular weight excluding hydrogens is 332 g/mol. The van der Waals surface area contributed by atoms with Gasteiger partial charge in [-0.25, -0.2) is 4.79 Å². The van der Waals surface area contributed by atoms with Crippen LogP contribution in [0.4, 0.5) is 0 Å². The summed E-state index contributed by atoms with van der Waals surface area (Å²) in [5, 5.41) is 3.63. The number of nitrogens with one attached hydrogen (secondary N) is 1. The Hall–Kier alpha value is -2.34. The first-order chi connectivity index (χ1) is 12.4. The van der Waals surface area contributed by atoms with E-state index in [1.807, 2.05) is 33.2 Å². The molecule has 0 atom stereocenters. The van der Waals surface area contributed by atoms with E-state index in [0.29, 0.717) is 17.9 Å². The second-order valence-corrected chi connectivity index (χ2v) is 6.77. The third-order valence-corrected chi connectivity index (χ3v) is 4.02. The lowest BCUT2D eigenvalue weighted by Gasteiger charge is -2.13. The molecule has 1 aromatic heterocycles. The van der Waals surface area contributed by atoms with E-state index in [1.165, 1.54) is 6.07 Å². The Labute approximate surface area is 154 Å². The highest BCUT2D eigenvalue weighted by Crippen LogP contribution is 2.30. The van der Waals surface area contributed by atoms with E-state index >= 15 is 0 Å². The fraction of sp³-hybridized carbons (Fsp3) is 0.500. The first-order valence-corrected chi connectivity index (χ1v) is 9.02. The maximum absolute atomic E-state index is 12.0. The molecule has 0 saturated carbocycles. The van der Waals surface area contributed by atoms with E-state index in [2.05, 4.69) is 17.1 Å². The Morgan fingerprint density at radius 2 is 2.04 bits per heavy atom. The van der Waals surface area contributed by atoms with Crippen molar-refractivity contribution in [3.63, 3.8) is 0 Å². The van der Waals surface area contributed by atoms with Gasteiger partial charge in [-0.15, -0.1) is 0 Å². The highest BCUT2D eigenvalue weighted by atomic mass is 16.5. The van der Waals surface area contributed by atoms with Gasteiger partial charge in [-0.3, -0.25) is 4.79 Å². The van der Waals surface area contributed by atoms with Gasteiger partial charge in [-0.1, -0.05) is 13.3 Å². The Kier molecular flexibility index (Phi) is 7.21. The van der Waals surface area contributed by atoms with E-state index in [0.717, 1.165) is 42.3 Å². The van der Waals surface area contributed by atoms with Crippen molar-refractivity contribution in [1.29, 1.82) is 0 Å². The number of aryl methyl sites for hydroxylation is 2. The minimum Gasteiger partial charge on any atom is -0.483 e. The van der Waals surface area contributed by atoms with Gasteiger partial charge in [-0.05, 0) is 63.7 Å². The van der Waals surface area contributed by atoms with Crippen LogP contribution in [0.5, 0.6) is 5.75 Å². The van der Waals surface area contributed by atoms with Crippen LogP contribution in [-0.4, -0.2) is 44.6 Å². The Balaban J connectivity index is 2.13. The van der Waals surface area contributed by atoms with Crippen molar-refractivity contribution in [2.45, 2.75) is 33.1 Å². The van der Waals surface area contributed by atoms with Crippen LogP contribution in [0.15, 0.2) is 27.4 Å². The van der Waals surface area contributed by atoms with E-state index < -0.39 is 0 Å². The quantitative estimate of drug-likeness (QED) is 0.549. The Morgan fingerprint density at radius 1 is 1.27 bits per heavy atom. The maximum Gasteiger partial charge on any atom is 0.336 e. The molecule has 2 aromatic rings. The van der Waals surface area contributed by atoms with Crippen molar-refractivity contribution >= 4 is 16.9 Å². The van der Waals surface area contributed by atoms with Crippen molar-refractivity contribution in [1.82, 2.24) is 10.2 Å². The first-order valence-electron chi connectivity index (χ1n) is 9.02. The van der Waals surface area contributed by atoms with Gasteiger partial charge in [0.25, 0.3) is 5.91 Å². The monoisotopic (exact) mass is 360 g/mol. The number of fused-ring (bicyclic) bond motifs is 1. The summed E-state index contributed by atoms with van der Waals surface area (Å²) in [5.41, 5.74) is 1.94. The number of hydrogen-bond acceptors (Lipinski definition) is 5. The van der Waals surface area contributed by atoms with E-state index in [1.54, 1.807) is 0 Å². The van der Waals surface area contributed by atoms with Gasteiger partial charge in [0.15, 0.2) is 6.61 Å². The first kappa shape index (κ1) is 20.0.